The summed E-state index contributed by atoms with van der Waals surface area (Å²) >= 11 is 0. The Hall–Kier alpha value is -2.04. The highest BCUT2D eigenvalue weighted by Crippen LogP contribution is 2.10. The molecule has 2 N–H and O–H groups in total. The fourth-order valence-electron chi connectivity index (χ4n) is 1.31. The number of rotatable bonds is 2. The van der Waals surface area contributed by atoms with Crippen molar-refractivity contribution in [3.63, 3.8) is 0 Å². The normalized spacial score (nSPS) is 10.7. The van der Waals surface area contributed by atoms with Gasteiger partial charge in [-0.2, -0.15) is 0 Å². The van der Waals surface area contributed by atoms with Gasteiger partial charge >= 0.3 is 12.0 Å². The van der Waals surface area contributed by atoms with Gasteiger partial charge in [-0.25, -0.2) is 9.59 Å². The fourth-order valence-corrected chi connectivity index (χ4v) is 1.31. The number of hydrogen-bond acceptors (Lipinski definition) is 3. The zero-order valence-corrected chi connectivity index (χ0v) is 11.0. The molecule has 2 amide bonds. The van der Waals surface area contributed by atoms with E-state index in [0.29, 0.717) is 11.3 Å². The lowest BCUT2D eigenvalue weighted by molar-refractivity contribution is 0.0601. The minimum Gasteiger partial charge on any atom is -0.465 e. The molecule has 98 valence electrons. The topological polar surface area (TPSA) is 67.4 Å². The summed E-state index contributed by atoms with van der Waals surface area (Å²) in [6.45, 7) is 5.69. The van der Waals surface area contributed by atoms with Gasteiger partial charge in [0.2, 0.25) is 0 Å². The van der Waals surface area contributed by atoms with E-state index in [1.807, 2.05) is 20.8 Å². The maximum atomic E-state index is 11.6. The molecule has 0 saturated carbocycles. The predicted octanol–water partition coefficient (Wildman–Crippen LogP) is 2.39. The number of urea groups is 1. The molecule has 1 aromatic rings. The van der Waals surface area contributed by atoms with E-state index < -0.39 is 5.97 Å². The number of amides is 2. The number of methoxy groups -OCH3 is 1. The highest BCUT2D eigenvalue weighted by molar-refractivity contribution is 5.92. The van der Waals surface area contributed by atoms with Crippen LogP contribution in [0.5, 0.6) is 0 Å². The molecular formula is C13H18N2O3. The highest BCUT2D eigenvalue weighted by Gasteiger charge is 2.13. The lowest BCUT2D eigenvalue weighted by atomic mass is 10.1. The number of benzene rings is 1. The van der Waals surface area contributed by atoms with Crippen LogP contribution in [0.25, 0.3) is 0 Å². The number of carbonyl (C=O) groups excluding carboxylic acids is 2. The average molecular weight is 250 g/mol. The molecule has 0 heterocycles. The largest absolute Gasteiger partial charge is 0.465 e. The van der Waals surface area contributed by atoms with E-state index in [9.17, 15) is 9.59 Å². The first-order valence-electron chi connectivity index (χ1n) is 5.59. The van der Waals surface area contributed by atoms with Crippen molar-refractivity contribution < 1.29 is 14.3 Å². The van der Waals surface area contributed by atoms with Gasteiger partial charge in [-0.1, -0.05) is 0 Å². The number of carbonyl (C=O) groups is 2. The summed E-state index contributed by atoms with van der Waals surface area (Å²) in [5.74, 6) is -0.402. The van der Waals surface area contributed by atoms with Gasteiger partial charge in [-0.15, -0.1) is 0 Å². The maximum absolute atomic E-state index is 11.6. The van der Waals surface area contributed by atoms with E-state index >= 15 is 0 Å². The quantitative estimate of drug-likeness (QED) is 0.792. The SMILES string of the molecule is COC(=O)c1ccc(NC(=O)NC(C)(C)C)cc1. The summed E-state index contributed by atoms with van der Waals surface area (Å²) in [5.41, 5.74) is 0.763. The van der Waals surface area contributed by atoms with Gasteiger partial charge in [-0.3, -0.25) is 0 Å². The molecule has 0 spiro atoms. The highest BCUT2D eigenvalue weighted by atomic mass is 16.5. The molecular weight excluding hydrogens is 232 g/mol. The minimum atomic E-state index is -0.402. The second-order valence-corrected chi connectivity index (χ2v) is 4.90. The Morgan fingerprint density at radius 2 is 1.67 bits per heavy atom. The van der Waals surface area contributed by atoms with Crippen molar-refractivity contribution >= 4 is 17.7 Å². The van der Waals surface area contributed by atoms with Crippen molar-refractivity contribution in [2.24, 2.45) is 0 Å². The van der Waals surface area contributed by atoms with Crippen molar-refractivity contribution in [3.05, 3.63) is 29.8 Å². The number of hydrogen-bond donors (Lipinski definition) is 2. The lowest BCUT2D eigenvalue weighted by Crippen LogP contribution is -2.43. The molecule has 0 unspecified atom stereocenters. The Labute approximate surface area is 107 Å². The molecule has 0 atom stereocenters. The van der Waals surface area contributed by atoms with E-state index in [4.69, 9.17) is 0 Å². The second-order valence-electron chi connectivity index (χ2n) is 4.90. The number of anilines is 1. The molecule has 1 aromatic carbocycles. The molecule has 0 aliphatic heterocycles. The van der Waals surface area contributed by atoms with E-state index in [0.717, 1.165) is 0 Å². The summed E-state index contributed by atoms with van der Waals surface area (Å²) in [7, 11) is 1.32. The van der Waals surface area contributed by atoms with Crippen molar-refractivity contribution in [2.45, 2.75) is 26.3 Å². The Kier molecular flexibility index (Phi) is 4.31. The molecule has 5 heteroatoms. The zero-order valence-electron chi connectivity index (χ0n) is 11.0. The van der Waals surface area contributed by atoms with Gasteiger partial charge in [0, 0.05) is 11.2 Å². The van der Waals surface area contributed by atoms with Crippen LogP contribution in [0.15, 0.2) is 24.3 Å². The van der Waals surface area contributed by atoms with Gasteiger partial charge in [0.15, 0.2) is 0 Å². The van der Waals surface area contributed by atoms with Crippen LogP contribution in [-0.4, -0.2) is 24.6 Å². The standard InChI is InChI=1S/C13H18N2O3/c1-13(2,3)15-12(17)14-10-7-5-9(6-8-10)11(16)18-4/h5-8H,1-4H3,(H2,14,15,17). The molecule has 0 aromatic heterocycles. The van der Waals surface area contributed by atoms with Crippen LogP contribution in [0.1, 0.15) is 31.1 Å². The number of nitrogens with one attached hydrogen (secondary N) is 2. The molecule has 0 fully saturated rings. The molecule has 0 saturated heterocycles. The van der Waals surface area contributed by atoms with Gasteiger partial charge in [0.25, 0.3) is 0 Å². The molecule has 0 radical (unpaired) electrons. The van der Waals surface area contributed by atoms with Crippen molar-refractivity contribution in [1.82, 2.24) is 5.32 Å². The van der Waals surface area contributed by atoms with E-state index in [-0.39, 0.29) is 11.6 Å². The van der Waals surface area contributed by atoms with Crippen LogP contribution in [0.3, 0.4) is 0 Å². The van der Waals surface area contributed by atoms with Gasteiger partial charge in [-0.05, 0) is 45.0 Å². The molecule has 0 aliphatic carbocycles. The Morgan fingerprint density at radius 1 is 1.11 bits per heavy atom. The van der Waals surface area contributed by atoms with Crippen LogP contribution in [0.2, 0.25) is 0 Å². The zero-order chi connectivity index (χ0) is 13.8. The predicted molar refractivity (Wildman–Crippen MR) is 69.7 cm³/mol. The van der Waals surface area contributed by atoms with Crippen LogP contribution < -0.4 is 10.6 Å². The first-order valence-corrected chi connectivity index (χ1v) is 5.59. The monoisotopic (exact) mass is 250 g/mol. The first kappa shape index (κ1) is 14.0. The van der Waals surface area contributed by atoms with Gasteiger partial charge < -0.3 is 15.4 Å². The summed E-state index contributed by atoms with van der Waals surface area (Å²) in [6, 6.07) is 6.20. The van der Waals surface area contributed by atoms with E-state index in [1.54, 1.807) is 24.3 Å². The van der Waals surface area contributed by atoms with Crippen LogP contribution in [0.4, 0.5) is 10.5 Å². The van der Waals surface area contributed by atoms with E-state index in [1.165, 1.54) is 7.11 Å². The van der Waals surface area contributed by atoms with E-state index in [2.05, 4.69) is 15.4 Å². The van der Waals surface area contributed by atoms with Gasteiger partial charge in [0.05, 0.1) is 12.7 Å². The van der Waals surface area contributed by atoms with Crippen molar-refractivity contribution in [3.8, 4) is 0 Å². The fraction of sp³-hybridized carbons (Fsp3) is 0.385. The lowest BCUT2D eigenvalue weighted by Gasteiger charge is -2.20. The second kappa shape index (κ2) is 5.53. The third-order valence-corrected chi connectivity index (χ3v) is 2.05. The molecule has 0 aliphatic rings. The molecule has 5 nitrogen and oxygen atoms in total. The summed E-state index contributed by atoms with van der Waals surface area (Å²) in [6.07, 6.45) is 0. The smallest absolute Gasteiger partial charge is 0.337 e. The van der Waals surface area contributed by atoms with Crippen molar-refractivity contribution in [2.75, 3.05) is 12.4 Å². The minimum absolute atomic E-state index is 0.284. The van der Waals surface area contributed by atoms with Crippen LogP contribution in [0, 0.1) is 0 Å². The van der Waals surface area contributed by atoms with Gasteiger partial charge in [0.1, 0.15) is 0 Å². The number of ether oxygens (including phenoxy) is 1. The molecule has 18 heavy (non-hydrogen) atoms. The summed E-state index contributed by atoms with van der Waals surface area (Å²) in [4.78, 5) is 22.8. The third-order valence-electron chi connectivity index (χ3n) is 2.05. The summed E-state index contributed by atoms with van der Waals surface area (Å²) < 4.78 is 4.58. The Bertz CT molecular complexity index is 433. The van der Waals surface area contributed by atoms with Crippen LogP contribution in [-0.2, 0) is 4.74 Å². The first-order chi connectivity index (χ1) is 8.31. The third kappa shape index (κ3) is 4.45. The Morgan fingerprint density at radius 3 is 2.11 bits per heavy atom. The summed E-state index contributed by atoms with van der Waals surface area (Å²) in [5, 5.41) is 5.45. The average Bonchev–Trinajstić information content (AvgIpc) is 2.26. The van der Waals surface area contributed by atoms with Crippen molar-refractivity contribution in [1.29, 1.82) is 0 Å². The molecule has 1 rings (SSSR count). The number of esters is 1. The Balaban J connectivity index is 2.64. The maximum Gasteiger partial charge on any atom is 0.337 e. The van der Waals surface area contributed by atoms with Crippen LogP contribution >= 0.6 is 0 Å². The molecule has 0 bridgehead atoms.